The fourth-order valence-electron chi connectivity index (χ4n) is 1.25. The van der Waals surface area contributed by atoms with Crippen LogP contribution in [0.2, 0.25) is 0 Å². The van der Waals surface area contributed by atoms with E-state index < -0.39 is 0 Å². The Bertz CT molecular complexity index is 274. The lowest BCUT2D eigenvalue weighted by Gasteiger charge is -2.33. The first-order valence-corrected chi connectivity index (χ1v) is 5.07. The molecule has 0 radical (unpaired) electrons. The highest BCUT2D eigenvalue weighted by molar-refractivity contribution is 6.05. The van der Waals surface area contributed by atoms with Crippen molar-refractivity contribution in [3.05, 3.63) is 0 Å². The molecule has 5 nitrogen and oxygen atoms in total. The van der Waals surface area contributed by atoms with Crippen LogP contribution in [0.15, 0.2) is 0 Å². The SMILES string of the molecule is CN(C)C(C)(C)CNC1CC(=O)NC1=O. The van der Waals surface area contributed by atoms with Gasteiger partial charge in [-0.3, -0.25) is 14.9 Å². The number of hydrogen-bond acceptors (Lipinski definition) is 4. The number of amides is 2. The Morgan fingerprint density at radius 2 is 2.07 bits per heavy atom. The van der Waals surface area contributed by atoms with Crippen LogP contribution >= 0.6 is 0 Å². The summed E-state index contributed by atoms with van der Waals surface area (Å²) >= 11 is 0. The molecule has 0 spiro atoms. The van der Waals surface area contributed by atoms with Gasteiger partial charge in [0.15, 0.2) is 0 Å². The maximum Gasteiger partial charge on any atom is 0.244 e. The molecular formula is C10H19N3O2. The van der Waals surface area contributed by atoms with Crippen LogP contribution in [0.5, 0.6) is 0 Å². The van der Waals surface area contributed by atoms with E-state index in [0.717, 1.165) is 0 Å². The van der Waals surface area contributed by atoms with Crippen LogP contribution in [0.1, 0.15) is 20.3 Å². The van der Waals surface area contributed by atoms with Crippen molar-refractivity contribution >= 4 is 11.8 Å². The minimum absolute atomic E-state index is 0.0358. The summed E-state index contributed by atoms with van der Waals surface area (Å²) in [4.78, 5) is 24.3. The summed E-state index contributed by atoms with van der Waals surface area (Å²) in [5, 5.41) is 5.39. The van der Waals surface area contributed by atoms with Gasteiger partial charge in [-0.25, -0.2) is 0 Å². The number of likely N-dealkylation sites (N-methyl/N-ethyl adjacent to an activating group) is 1. The molecule has 86 valence electrons. The van der Waals surface area contributed by atoms with Gasteiger partial charge >= 0.3 is 0 Å². The van der Waals surface area contributed by atoms with Crippen molar-refractivity contribution in [3.63, 3.8) is 0 Å². The fraction of sp³-hybridized carbons (Fsp3) is 0.800. The summed E-state index contributed by atoms with van der Waals surface area (Å²) in [7, 11) is 3.98. The van der Waals surface area contributed by atoms with E-state index in [0.29, 0.717) is 6.54 Å². The molecule has 1 heterocycles. The van der Waals surface area contributed by atoms with Gasteiger partial charge in [-0.15, -0.1) is 0 Å². The quantitative estimate of drug-likeness (QED) is 0.608. The van der Waals surface area contributed by atoms with Crippen molar-refractivity contribution in [3.8, 4) is 0 Å². The van der Waals surface area contributed by atoms with E-state index in [1.807, 2.05) is 14.1 Å². The van der Waals surface area contributed by atoms with Gasteiger partial charge in [0.25, 0.3) is 0 Å². The van der Waals surface area contributed by atoms with E-state index in [2.05, 4.69) is 29.4 Å². The van der Waals surface area contributed by atoms with Crippen molar-refractivity contribution in [1.82, 2.24) is 15.5 Å². The summed E-state index contributed by atoms with van der Waals surface area (Å²) in [6.07, 6.45) is 0.252. The zero-order chi connectivity index (χ0) is 11.6. The lowest BCUT2D eigenvalue weighted by Crippen LogP contribution is -2.50. The number of nitrogens with zero attached hydrogens (tertiary/aromatic N) is 1. The number of carbonyl (C=O) groups is 2. The van der Waals surface area contributed by atoms with E-state index in [-0.39, 0.29) is 29.8 Å². The van der Waals surface area contributed by atoms with Crippen LogP contribution in [0.4, 0.5) is 0 Å². The Balaban J connectivity index is 2.44. The molecule has 1 saturated heterocycles. The number of nitrogens with one attached hydrogen (secondary N) is 2. The maximum absolute atomic E-state index is 11.3. The molecule has 1 aliphatic rings. The molecule has 1 aliphatic heterocycles. The largest absolute Gasteiger partial charge is 0.304 e. The Kier molecular flexibility index (Phi) is 3.46. The van der Waals surface area contributed by atoms with Gasteiger partial charge in [-0.2, -0.15) is 0 Å². The first kappa shape index (κ1) is 12.1. The Morgan fingerprint density at radius 1 is 1.47 bits per heavy atom. The van der Waals surface area contributed by atoms with Crippen molar-refractivity contribution < 1.29 is 9.59 Å². The molecule has 15 heavy (non-hydrogen) atoms. The van der Waals surface area contributed by atoms with Crippen LogP contribution in [-0.2, 0) is 9.59 Å². The number of hydrogen-bond donors (Lipinski definition) is 2. The third-order valence-electron chi connectivity index (χ3n) is 2.96. The van der Waals surface area contributed by atoms with Crippen molar-refractivity contribution in [2.24, 2.45) is 0 Å². The smallest absolute Gasteiger partial charge is 0.244 e. The predicted octanol–water partition coefficient (Wildman–Crippen LogP) is -0.669. The maximum atomic E-state index is 11.3. The van der Waals surface area contributed by atoms with Gasteiger partial charge in [0.2, 0.25) is 11.8 Å². The number of rotatable bonds is 4. The summed E-state index contributed by atoms with van der Waals surface area (Å²) in [5.41, 5.74) is -0.0358. The van der Waals surface area contributed by atoms with E-state index in [4.69, 9.17) is 0 Å². The Hall–Kier alpha value is -0.940. The Morgan fingerprint density at radius 3 is 2.47 bits per heavy atom. The first-order chi connectivity index (χ1) is 6.83. The van der Waals surface area contributed by atoms with Crippen LogP contribution in [0, 0.1) is 0 Å². The fourth-order valence-corrected chi connectivity index (χ4v) is 1.25. The third-order valence-corrected chi connectivity index (χ3v) is 2.96. The average molecular weight is 213 g/mol. The van der Waals surface area contributed by atoms with Crippen molar-refractivity contribution in [2.45, 2.75) is 31.8 Å². The molecule has 0 aromatic carbocycles. The average Bonchev–Trinajstić information content (AvgIpc) is 2.41. The second-order valence-corrected chi connectivity index (χ2v) is 4.76. The molecule has 0 bridgehead atoms. The molecule has 1 unspecified atom stereocenters. The van der Waals surface area contributed by atoms with Gasteiger partial charge in [-0.1, -0.05) is 0 Å². The van der Waals surface area contributed by atoms with E-state index in [1.54, 1.807) is 0 Å². The monoisotopic (exact) mass is 213 g/mol. The van der Waals surface area contributed by atoms with Crippen molar-refractivity contribution in [1.29, 1.82) is 0 Å². The van der Waals surface area contributed by atoms with Crippen LogP contribution in [-0.4, -0.2) is 48.9 Å². The highest BCUT2D eigenvalue weighted by atomic mass is 16.2. The number of imide groups is 1. The topological polar surface area (TPSA) is 61.4 Å². The van der Waals surface area contributed by atoms with E-state index >= 15 is 0 Å². The van der Waals surface area contributed by atoms with Gasteiger partial charge in [-0.05, 0) is 27.9 Å². The lowest BCUT2D eigenvalue weighted by molar-refractivity contribution is -0.125. The highest BCUT2D eigenvalue weighted by Crippen LogP contribution is 2.10. The summed E-state index contributed by atoms with van der Waals surface area (Å²) in [5.74, 6) is -0.408. The minimum atomic E-state index is -0.364. The van der Waals surface area contributed by atoms with Gasteiger partial charge in [0.05, 0.1) is 12.5 Å². The second-order valence-electron chi connectivity index (χ2n) is 4.76. The van der Waals surface area contributed by atoms with Crippen molar-refractivity contribution in [2.75, 3.05) is 20.6 Å². The molecule has 0 aromatic heterocycles. The molecule has 0 aromatic rings. The lowest BCUT2D eigenvalue weighted by atomic mass is 10.0. The zero-order valence-electron chi connectivity index (χ0n) is 9.76. The molecule has 1 fully saturated rings. The van der Waals surface area contributed by atoms with Crippen LogP contribution in [0.3, 0.4) is 0 Å². The van der Waals surface area contributed by atoms with Gasteiger partial charge in [0.1, 0.15) is 0 Å². The van der Waals surface area contributed by atoms with Gasteiger partial charge < -0.3 is 10.2 Å². The van der Waals surface area contributed by atoms with Crippen LogP contribution < -0.4 is 10.6 Å². The highest BCUT2D eigenvalue weighted by Gasteiger charge is 2.32. The predicted molar refractivity (Wildman–Crippen MR) is 57.3 cm³/mol. The Labute approximate surface area is 90.2 Å². The number of carbonyl (C=O) groups excluding carboxylic acids is 2. The summed E-state index contributed by atoms with van der Waals surface area (Å²) in [6.45, 7) is 4.83. The molecule has 5 heteroatoms. The minimum Gasteiger partial charge on any atom is -0.304 e. The normalized spacial score (nSPS) is 22.3. The molecule has 1 rings (SSSR count). The zero-order valence-corrected chi connectivity index (χ0v) is 9.76. The molecule has 0 saturated carbocycles. The standard InChI is InChI=1S/C10H19N3O2/c1-10(2,13(3)4)6-11-7-5-8(14)12-9(7)15/h7,11H,5-6H2,1-4H3,(H,12,14,15). The van der Waals surface area contributed by atoms with E-state index in [9.17, 15) is 9.59 Å². The van der Waals surface area contributed by atoms with Crippen LogP contribution in [0.25, 0.3) is 0 Å². The second kappa shape index (κ2) is 4.28. The molecule has 1 atom stereocenters. The molecule has 2 N–H and O–H groups in total. The summed E-state index contributed by atoms with van der Waals surface area (Å²) in [6, 6.07) is -0.364. The molecule has 2 amide bonds. The molecule has 0 aliphatic carbocycles. The summed E-state index contributed by atoms with van der Waals surface area (Å²) < 4.78 is 0. The molecular weight excluding hydrogens is 194 g/mol. The third kappa shape index (κ3) is 3.00. The first-order valence-electron chi connectivity index (χ1n) is 5.07. The van der Waals surface area contributed by atoms with Gasteiger partial charge in [0, 0.05) is 12.1 Å². The van der Waals surface area contributed by atoms with E-state index in [1.165, 1.54) is 0 Å².